The quantitative estimate of drug-likeness (QED) is 0.874. The van der Waals surface area contributed by atoms with E-state index in [9.17, 15) is 4.79 Å². The molecule has 0 radical (unpaired) electrons. The molecule has 1 aromatic rings. The van der Waals surface area contributed by atoms with Gasteiger partial charge in [-0.05, 0) is 43.9 Å². The Bertz CT molecular complexity index is 486. The van der Waals surface area contributed by atoms with Crippen molar-refractivity contribution in [3.63, 3.8) is 0 Å². The SMILES string of the molecule is COc1ccc(NC(=O)C[NH2+]C2CCCCCCC2)cc1Cl. The highest BCUT2D eigenvalue weighted by Crippen LogP contribution is 2.27. The monoisotopic (exact) mass is 325 g/mol. The third-order valence-corrected chi connectivity index (χ3v) is 4.52. The number of methoxy groups -OCH3 is 1. The highest BCUT2D eigenvalue weighted by atomic mass is 35.5. The lowest BCUT2D eigenvalue weighted by atomic mass is 9.97. The molecule has 0 spiro atoms. The Morgan fingerprint density at radius 3 is 2.59 bits per heavy atom. The second kappa shape index (κ2) is 9.01. The van der Waals surface area contributed by atoms with Gasteiger partial charge in [-0.1, -0.05) is 30.9 Å². The number of amides is 1. The van der Waals surface area contributed by atoms with Crippen molar-refractivity contribution in [3.8, 4) is 5.75 Å². The van der Waals surface area contributed by atoms with E-state index in [0.29, 0.717) is 29.0 Å². The molecule has 122 valence electrons. The molecule has 2 rings (SSSR count). The van der Waals surface area contributed by atoms with Crippen LogP contribution in [0.3, 0.4) is 0 Å². The number of carbonyl (C=O) groups excluding carboxylic acids is 1. The number of nitrogens with two attached hydrogens (primary N) is 1. The van der Waals surface area contributed by atoms with Crippen molar-refractivity contribution >= 4 is 23.2 Å². The first-order valence-electron chi connectivity index (χ1n) is 8.16. The topological polar surface area (TPSA) is 54.9 Å². The van der Waals surface area contributed by atoms with Crippen molar-refractivity contribution in [1.82, 2.24) is 0 Å². The number of benzene rings is 1. The molecule has 1 aliphatic carbocycles. The number of nitrogens with one attached hydrogen (secondary N) is 1. The van der Waals surface area contributed by atoms with Gasteiger partial charge in [0, 0.05) is 5.69 Å². The smallest absolute Gasteiger partial charge is 0.279 e. The normalized spacial score (nSPS) is 16.6. The van der Waals surface area contributed by atoms with E-state index < -0.39 is 0 Å². The van der Waals surface area contributed by atoms with Crippen LogP contribution < -0.4 is 15.4 Å². The second-order valence-corrected chi connectivity index (χ2v) is 6.35. The number of hydrogen-bond donors (Lipinski definition) is 2. The molecule has 0 unspecified atom stereocenters. The average molecular weight is 326 g/mol. The first kappa shape index (κ1) is 17.1. The van der Waals surface area contributed by atoms with Crippen LogP contribution >= 0.6 is 11.6 Å². The predicted octanol–water partition coefficient (Wildman–Crippen LogP) is 2.96. The number of ether oxygens (including phenoxy) is 1. The number of quaternary nitrogens is 1. The fourth-order valence-corrected chi connectivity index (χ4v) is 3.21. The molecule has 4 nitrogen and oxygen atoms in total. The Balaban J connectivity index is 1.78. The lowest BCUT2D eigenvalue weighted by molar-refractivity contribution is -0.680. The average Bonchev–Trinajstić information content (AvgIpc) is 2.46. The largest absolute Gasteiger partial charge is 0.495 e. The Labute approximate surface area is 137 Å². The van der Waals surface area contributed by atoms with Gasteiger partial charge >= 0.3 is 0 Å². The van der Waals surface area contributed by atoms with Crippen molar-refractivity contribution in [2.24, 2.45) is 0 Å². The van der Waals surface area contributed by atoms with Gasteiger partial charge in [-0.2, -0.15) is 0 Å². The third kappa shape index (κ3) is 5.50. The summed E-state index contributed by atoms with van der Waals surface area (Å²) in [6.07, 6.45) is 9.06. The number of anilines is 1. The van der Waals surface area contributed by atoms with E-state index in [1.54, 1.807) is 25.3 Å². The molecule has 3 N–H and O–H groups in total. The molecule has 1 fully saturated rings. The molecule has 0 saturated heterocycles. The molecule has 0 bridgehead atoms. The van der Waals surface area contributed by atoms with Gasteiger partial charge < -0.3 is 15.4 Å². The zero-order valence-corrected chi connectivity index (χ0v) is 14.0. The minimum Gasteiger partial charge on any atom is -0.495 e. The summed E-state index contributed by atoms with van der Waals surface area (Å²) in [7, 11) is 1.57. The highest BCUT2D eigenvalue weighted by Gasteiger charge is 2.16. The van der Waals surface area contributed by atoms with Crippen LogP contribution in [0.4, 0.5) is 5.69 Å². The summed E-state index contributed by atoms with van der Waals surface area (Å²) >= 11 is 6.06. The maximum absolute atomic E-state index is 12.1. The summed E-state index contributed by atoms with van der Waals surface area (Å²) in [6.45, 7) is 0.467. The van der Waals surface area contributed by atoms with E-state index in [1.807, 2.05) is 0 Å². The fraction of sp³-hybridized carbons (Fsp3) is 0.588. The van der Waals surface area contributed by atoms with Crippen molar-refractivity contribution in [3.05, 3.63) is 23.2 Å². The minimum absolute atomic E-state index is 0.0169. The molecule has 1 amide bonds. The summed E-state index contributed by atoms with van der Waals surface area (Å²) in [5, 5.41) is 5.58. The summed E-state index contributed by atoms with van der Waals surface area (Å²) in [6, 6.07) is 5.87. The highest BCUT2D eigenvalue weighted by molar-refractivity contribution is 6.32. The van der Waals surface area contributed by atoms with Gasteiger partial charge in [-0.25, -0.2) is 0 Å². The molecule has 1 aromatic carbocycles. The maximum Gasteiger partial charge on any atom is 0.279 e. The Hall–Kier alpha value is -1.26. The predicted molar refractivity (Wildman–Crippen MR) is 89.5 cm³/mol. The van der Waals surface area contributed by atoms with E-state index in [0.717, 1.165) is 0 Å². The van der Waals surface area contributed by atoms with Gasteiger partial charge in [0.1, 0.15) is 5.75 Å². The summed E-state index contributed by atoms with van der Waals surface area (Å²) < 4.78 is 5.10. The van der Waals surface area contributed by atoms with Gasteiger partial charge in [-0.3, -0.25) is 4.79 Å². The van der Waals surface area contributed by atoms with Crippen molar-refractivity contribution in [1.29, 1.82) is 0 Å². The zero-order chi connectivity index (χ0) is 15.8. The molecular weight excluding hydrogens is 300 g/mol. The summed E-state index contributed by atoms with van der Waals surface area (Å²) in [5.74, 6) is 0.629. The van der Waals surface area contributed by atoms with Crippen LogP contribution in [-0.4, -0.2) is 25.6 Å². The molecule has 0 atom stereocenters. The lowest BCUT2D eigenvalue weighted by Crippen LogP contribution is -2.91. The van der Waals surface area contributed by atoms with Gasteiger partial charge in [0.2, 0.25) is 0 Å². The molecule has 1 saturated carbocycles. The fourth-order valence-electron chi connectivity index (χ4n) is 2.95. The first-order chi connectivity index (χ1) is 10.7. The van der Waals surface area contributed by atoms with Crippen LogP contribution in [0.5, 0.6) is 5.75 Å². The molecular formula is C17H26ClN2O2+. The molecule has 0 aromatic heterocycles. The van der Waals surface area contributed by atoms with Gasteiger partial charge in [0.05, 0.1) is 18.2 Å². The minimum atomic E-state index is 0.0169. The Morgan fingerprint density at radius 2 is 1.95 bits per heavy atom. The van der Waals surface area contributed by atoms with E-state index in [1.165, 1.54) is 44.9 Å². The van der Waals surface area contributed by atoms with Crippen molar-refractivity contribution < 1.29 is 14.8 Å². The summed E-state index contributed by atoms with van der Waals surface area (Å²) in [5.41, 5.74) is 0.710. The molecule has 0 heterocycles. The number of rotatable bonds is 5. The van der Waals surface area contributed by atoms with Crippen LogP contribution in [0, 0.1) is 0 Å². The van der Waals surface area contributed by atoms with E-state index in [4.69, 9.17) is 16.3 Å². The van der Waals surface area contributed by atoms with Crippen LogP contribution in [0.25, 0.3) is 0 Å². The van der Waals surface area contributed by atoms with E-state index in [-0.39, 0.29) is 5.91 Å². The standard InChI is InChI=1S/C17H25ClN2O2/c1-22-16-10-9-14(11-15(16)18)20-17(21)12-19-13-7-5-3-2-4-6-8-13/h9-11,13,19H,2-8,12H2,1H3,(H,20,21)/p+1. The molecule has 5 heteroatoms. The number of carbonyl (C=O) groups is 1. The number of hydrogen-bond acceptors (Lipinski definition) is 2. The lowest BCUT2D eigenvalue weighted by Gasteiger charge is -2.18. The molecule has 1 aliphatic rings. The van der Waals surface area contributed by atoms with Crippen LogP contribution in [0.15, 0.2) is 18.2 Å². The van der Waals surface area contributed by atoms with Gasteiger partial charge in [0.15, 0.2) is 6.54 Å². The van der Waals surface area contributed by atoms with Gasteiger partial charge in [0.25, 0.3) is 5.91 Å². The Kier molecular flexibility index (Phi) is 7.00. The van der Waals surface area contributed by atoms with Crippen LogP contribution in [0.2, 0.25) is 5.02 Å². The van der Waals surface area contributed by atoms with Crippen LogP contribution in [0.1, 0.15) is 44.9 Å². The van der Waals surface area contributed by atoms with Crippen molar-refractivity contribution in [2.45, 2.75) is 51.0 Å². The zero-order valence-electron chi connectivity index (χ0n) is 13.2. The first-order valence-corrected chi connectivity index (χ1v) is 8.53. The van der Waals surface area contributed by atoms with E-state index in [2.05, 4.69) is 10.6 Å². The molecule has 22 heavy (non-hydrogen) atoms. The second-order valence-electron chi connectivity index (χ2n) is 5.94. The van der Waals surface area contributed by atoms with Gasteiger partial charge in [-0.15, -0.1) is 0 Å². The van der Waals surface area contributed by atoms with Crippen LogP contribution in [-0.2, 0) is 4.79 Å². The summed E-state index contributed by atoms with van der Waals surface area (Å²) in [4.78, 5) is 12.1. The van der Waals surface area contributed by atoms with E-state index >= 15 is 0 Å². The Morgan fingerprint density at radius 1 is 1.27 bits per heavy atom. The van der Waals surface area contributed by atoms with Crippen molar-refractivity contribution in [2.75, 3.05) is 19.0 Å². The number of halogens is 1. The molecule has 0 aliphatic heterocycles. The maximum atomic E-state index is 12.1. The third-order valence-electron chi connectivity index (χ3n) is 4.22.